The molecular formula is C15H18ClN5. The first-order valence-corrected chi connectivity index (χ1v) is 7.18. The van der Waals surface area contributed by atoms with Gasteiger partial charge in [0.2, 0.25) is 0 Å². The van der Waals surface area contributed by atoms with Crippen LogP contribution in [0.15, 0.2) is 47.7 Å². The van der Waals surface area contributed by atoms with E-state index >= 15 is 0 Å². The number of nitrogens with one attached hydrogen (secondary N) is 2. The molecule has 2 rings (SSSR count). The van der Waals surface area contributed by atoms with Crippen LogP contribution >= 0.6 is 11.6 Å². The van der Waals surface area contributed by atoms with E-state index < -0.39 is 0 Å². The van der Waals surface area contributed by atoms with Crippen LogP contribution in [0.4, 0.5) is 0 Å². The minimum absolute atomic E-state index is 0.489. The van der Waals surface area contributed by atoms with Crippen LogP contribution in [0.25, 0.3) is 0 Å². The summed E-state index contributed by atoms with van der Waals surface area (Å²) in [5.74, 6) is 0.748. The summed E-state index contributed by atoms with van der Waals surface area (Å²) in [5, 5.41) is 6.94. The Morgan fingerprint density at radius 2 is 2.10 bits per heavy atom. The second-order valence-electron chi connectivity index (χ2n) is 4.36. The minimum Gasteiger partial charge on any atom is -0.357 e. The van der Waals surface area contributed by atoms with Crippen molar-refractivity contribution < 1.29 is 0 Å². The molecule has 0 aliphatic rings. The monoisotopic (exact) mass is 303 g/mol. The van der Waals surface area contributed by atoms with Gasteiger partial charge < -0.3 is 10.6 Å². The minimum atomic E-state index is 0.489. The third kappa shape index (κ3) is 5.39. The molecule has 0 fully saturated rings. The highest BCUT2D eigenvalue weighted by atomic mass is 35.5. The largest absolute Gasteiger partial charge is 0.357 e. The summed E-state index contributed by atoms with van der Waals surface area (Å²) < 4.78 is 0. The van der Waals surface area contributed by atoms with Crippen LogP contribution < -0.4 is 10.6 Å². The number of halogens is 1. The van der Waals surface area contributed by atoms with Crippen molar-refractivity contribution in [2.75, 3.05) is 6.54 Å². The van der Waals surface area contributed by atoms with E-state index in [-0.39, 0.29) is 0 Å². The first-order valence-electron chi connectivity index (χ1n) is 6.80. The lowest BCUT2D eigenvalue weighted by Crippen LogP contribution is -2.37. The number of pyridine rings is 2. The molecule has 0 bridgehead atoms. The Morgan fingerprint density at radius 3 is 2.76 bits per heavy atom. The van der Waals surface area contributed by atoms with Gasteiger partial charge in [-0.25, -0.2) is 9.98 Å². The first-order chi connectivity index (χ1) is 10.3. The highest BCUT2D eigenvalue weighted by molar-refractivity contribution is 6.29. The zero-order chi connectivity index (χ0) is 14.9. The molecule has 0 aliphatic carbocycles. The SMILES string of the molecule is CCNC(=NCc1ccc(Cl)nc1)NCc1ccccn1. The standard InChI is InChI=1S/C15H18ClN5/c1-2-17-15(21-11-13-5-3-4-8-18-13)20-10-12-6-7-14(16)19-9-12/h3-9H,2,10-11H2,1H3,(H2,17,20,21). The normalized spacial score (nSPS) is 11.2. The Bertz CT molecular complexity index is 568. The van der Waals surface area contributed by atoms with Crippen molar-refractivity contribution in [3.8, 4) is 0 Å². The molecule has 0 aliphatic heterocycles. The van der Waals surface area contributed by atoms with Gasteiger partial charge in [0.15, 0.2) is 5.96 Å². The fourth-order valence-corrected chi connectivity index (χ4v) is 1.80. The second kappa shape index (κ2) is 8.21. The van der Waals surface area contributed by atoms with Gasteiger partial charge in [0.25, 0.3) is 0 Å². The predicted octanol–water partition coefficient (Wildman–Crippen LogP) is 2.39. The Labute approximate surface area is 129 Å². The second-order valence-corrected chi connectivity index (χ2v) is 4.75. The number of nitrogens with zero attached hydrogens (tertiary/aromatic N) is 3. The maximum absolute atomic E-state index is 5.76. The van der Waals surface area contributed by atoms with Crippen molar-refractivity contribution in [1.82, 2.24) is 20.6 Å². The van der Waals surface area contributed by atoms with Gasteiger partial charge >= 0.3 is 0 Å². The van der Waals surface area contributed by atoms with E-state index in [1.807, 2.05) is 31.2 Å². The van der Waals surface area contributed by atoms with Crippen molar-refractivity contribution in [3.63, 3.8) is 0 Å². The van der Waals surface area contributed by atoms with Crippen molar-refractivity contribution >= 4 is 17.6 Å². The van der Waals surface area contributed by atoms with Gasteiger partial charge in [0.1, 0.15) is 5.15 Å². The van der Waals surface area contributed by atoms with E-state index in [2.05, 4.69) is 25.6 Å². The first kappa shape index (κ1) is 15.3. The van der Waals surface area contributed by atoms with Crippen LogP contribution in [0, 0.1) is 0 Å². The van der Waals surface area contributed by atoms with Gasteiger partial charge in [-0.1, -0.05) is 23.7 Å². The van der Waals surface area contributed by atoms with Gasteiger partial charge in [0, 0.05) is 18.9 Å². The molecule has 0 amide bonds. The van der Waals surface area contributed by atoms with E-state index in [0.29, 0.717) is 18.2 Å². The summed E-state index contributed by atoms with van der Waals surface area (Å²) >= 11 is 5.76. The van der Waals surface area contributed by atoms with Crippen LogP contribution in [-0.2, 0) is 13.1 Å². The average molecular weight is 304 g/mol. The molecule has 2 aromatic rings. The van der Waals surface area contributed by atoms with E-state index in [0.717, 1.165) is 23.8 Å². The molecule has 2 heterocycles. The highest BCUT2D eigenvalue weighted by Crippen LogP contribution is 2.06. The molecule has 0 spiro atoms. The number of aromatic nitrogens is 2. The van der Waals surface area contributed by atoms with Gasteiger partial charge in [-0.3, -0.25) is 4.98 Å². The summed E-state index contributed by atoms with van der Waals surface area (Å²) in [6.45, 7) is 4.00. The maximum atomic E-state index is 5.76. The topological polar surface area (TPSA) is 62.2 Å². The molecule has 0 saturated heterocycles. The molecule has 21 heavy (non-hydrogen) atoms. The Balaban J connectivity index is 1.94. The fraction of sp³-hybridized carbons (Fsp3) is 0.267. The summed E-state index contributed by atoms with van der Waals surface area (Å²) in [5.41, 5.74) is 1.98. The van der Waals surface area contributed by atoms with Crippen molar-refractivity contribution in [2.45, 2.75) is 20.0 Å². The molecule has 5 nitrogen and oxygen atoms in total. The van der Waals surface area contributed by atoms with E-state index in [1.54, 1.807) is 18.5 Å². The molecule has 0 aromatic carbocycles. The Morgan fingerprint density at radius 1 is 1.19 bits per heavy atom. The number of rotatable bonds is 5. The number of aliphatic imine (C=N–C) groups is 1. The average Bonchev–Trinajstić information content (AvgIpc) is 2.52. The Hall–Kier alpha value is -2.14. The van der Waals surface area contributed by atoms with Gasteiger partial charge in [-0.2, -0.15) is 0 Å². The molecule has 110 valence electrons. The van der Waals surface area contributed by atoms with Crippen LogP contribution in [0.3, 0.4) is 0 Å². The van der Waals surface area contributed by atoms with Crippen LogP contribution in [-0.4, -0.2) is 22.5 Å². The van der Waals surface area contributed by atoms with Crippen molar-refractivity contribution in [1.29, 1.82) is 0 Å². The third-order valence-corrected chi connectivity index (χ3v) is 2.94. The molecule has 2 N–H and O–H groups in total. The smallest absolute Gasteiger partial charge is 0.191 e. The lowest BCUT2D eigenvalue weighted by molar-refractivity contribution is 0.799. The van der Waals surface area contributed by atoms with E-state index in [4.69, 9.17) is 11.6 Å². The van der Waals surface area contributed by atoms with Crippen molar-refractivity contribution in [2.24, 2.45) is 4.99 Å². The van der Waals surface area contributed by atoms with E-state index in [1.165, 1.54) is 0 Å². The van der Waals surface area contributed by atoms with Gasteiger partial charge in [-0.05, 0) is 30.7 Å². The number of hydrogen-bond acceptors (Lipinski definition) is 3. The molecule has 6 heteroatoms. The zero-order valence-electron chi connectivity index (χ0n) is 11.9. The highest BCUT2D eigenvalue weighted by Gasteiger charge is 1.99. The van der Waals surface area contributed by atoms with E-state index in [9.17, 15) is 0 Å². The molecule has 0 saturated carbocycles. The summed E-state index contributed by atoms with van der Waals surface area (Å²) in [4.78, 5) is 12.8. The maximum Gasteiger partial charge on any atom is 0.191 e. The quantitative estimate of drug-likeness (QED) is 0.506. The predicted molar refractivity (Wildman–Crippen MR) is 85.1 cm³/mol. The number of guanidine groups is 1. The van der Waals surface area contributed by atoms with Crippen molar-refractivity contribution in [3.05, 3.63) is 59.1 Å². The third-order valence-electron chi connectivity index (χ3n) is 2.72. The fourth-order valence-electron chi connectivity index (χ4n) is 1.69. The van der Waals surface area contributed by atoms with Crippen LogP contribution in [0.5, 0.6) is 0 Å². The lowest BCUT2D eigenvalue weighted by Gasteiger charge is -2.10. The molecule has 2 aromatic heterocycles. The molecule has 0 unspecified atom stereocenters. The van der Waals surface area contributed by atoms with Gasteiger partial charge in [0.05, 0.1) is 18.8 Å². The van der Waals surface area contributed by atoms with Crippen LogP contribution in [0.2, 0.25) is 5.15 Å². The molecule has 0 atom stereocenters. The lowest BCUT2D eigenvalue weighted by atomic mass is 10.3. The number of hydrogen-bond donors (Lipinski definition) is 2. The van der Waals surface area contributed by atoms with Crippen LogP contribution in [0.1, 0.15) is 18.2 Å². The molecular weight excluding hydrogens is 286 g/mol. The summed E-state index contributed by atoms with van der Waals surface area (Å²) in [6, 6.07) is 9.52. The summed E-state index contributed by atoms with van der Waals surface area (Å²) in [6.07, 6.45) is 3.51. The molecule has 0 radical (unpaired) electrons. The Kier molecular flexibility index (Phi) is 5.97. The van der Waals surface area contributed by atoms with Gasteiger partial charge in [-0.15, -0.1) is 0 Å². The summed E-state index contributed by atoms with van der Waals surface area (Å²) in [7, 11) is 0. The zero-order valence-corrected chi connectivity index (χ0v) is 12.6.